The molecule has 0 amide bonds. The van der Waals surface area contributed by atoms with E-state index in [1.165, 1.54) is 0 Å². The minimum absolute atomic E-state index is 0.117. The third kappa shape index (κ3) is 2.42. The number of nitrogens with one attached hydrogen (secondary N) is 1. The smallest absolute Gasteiger partial charge is 0.129 e. The van der Waals surface area contributed by atoms with Gasteiger partial charge in [0, 0.05) is 0 Å². The molecule has 3 aromatic rings. The van der Waals surface area contributed by atoms with Crippen LogP contribution in [0.25, 0.3) is 11.0 Å². The highest BCUT2D eigenvalue weighted by Gasteiger charge is 2.16. The number of hydrogen-bond donors (Lipinski definition) is 2. The second-order valence-corrected chi connectivity index (χ2v) is 5.23. The predicted molar refractivity (Wildman–Crippen MR) is 75.0 cm³/mol. The van der Waals surface area contributed by atoms with E-state index in [1.54, 1.807) is 10.9 Å². The first-order chi connectivity index (χ1) is 9.63. The van der Waals surface area contributed by atoms with Crippen molar-refractivity contribution in [3.63, 3.8) is 0 Å². The Bertz CT molecular complexity index is 682. The lowest BCUT2D eigenvalue weighted by Crippen LogP contribution is -2.05. The molecule has 6 heteroatoms. The highest BCUT2D eigenvalue weighted by molar-refractivity contribution is 5.74. The molecule has 0 bridgehead atoms. The number of nitrogens with zero attached hydrogens (tertiary/aromatic N) is 4. The van der Waals surface area contributed by atoms with Gasteiger partial charge in [0.1, 0.15) is 24.2 Å². The Balaban J connectivity index is 1.81. The third-order valence-electron chi connectivity index (χ3n) is 3.24. The van der Waals surface area contributed by atoms with Crippen LogP contribution in [0, 0.1) is 5.92 Å². The molecule has 0 spiro atoms. The van der Waals surface area contributed by atoms with Crippen molar-refractivity contribution in [2.24, 2.45) is 5.92 Å². The summed E-state index contributed by atoms with van der Waals surface area (Å²) < 4.78 is 1.68. The quantitative estimate of drug-likeness (QED) is 0.759. The molecule has 0 radical (unpaired) electrons. The van der Waals surface area contributed by atoms with Gasteiger partial charge < -0.3 is 10.1 Å². The minimum Gasteiger partial charge on any atom is -0.386 e. The Hall–Kier alpha value is -2.21. The van der Waals surface area contributed by atoms with Crippen LogP contribution >= 0.6 is 0 Å². The number of fused-ring (bicyclic) bond motifs is 1. The maximum absolute atomic E-state index is 9.95. The largest absolute Gasteiger partial charge is 0.386 e. The molecule has 0 aliphatic carbocycles. The molecule has 20 heavy (non-hydrogen) atoms. The highest BCUT2D eigenvalue weighted by atomic mass is 16.3. The number of aliphatic hydroxyl groups is 1. The SMILES string of the molecule is CC(C)[C@@H](O)c1cn(Cc2nc3ccccc3[nH]2)nn1. The molecule has 0 fully saturated rings. The van der Waals surface area contributed by atoms with Gasteiger partial charge in [-0.3, -0.25) is 0 Å². The first-order valence-corrected chi connectivity index (χ1v) is 6.65. The van der Waals surface area contributed by atoms with E-state index in [2.05, 4.69) is 20.3 Å². The number of aromatic nitrogens is 5. The standard InChI is InChI=1S/C14H17N5O/c1-9(2)14(20)12-7-19(18-17-12)8-13-15-10-5-3-4-6-11(10)16-13/h3-7,9,14,20H,8H2,1-2H3,(H,15,16)/t14-/m1/s1. The molecule has 0 saturated carbocycles. The molecular weight excluding hydrogens is 254 g/mol. The molecule has 0 aliphatic heterocycles. The lowest BCUT2D eigenvalue weighted by molar-refractivity contribution is 0.122. The van der Waals surface area contributed by atoms with Crippen LogP contribution in [0.4, 0.5) is 0 Å². The van der Waals surface area contributed by atoms with Crippen molar-refractivity contribution in [2.75, 3.05) is 0 Å². The van der Waals surface area contributed by atoms with Crippen LogP contribution in [0.2, 0.25) is 0 Å². The van der Waals surface area contributed by atoms with E-state index in [4.69, 9.17) is 0 Å². The van der Waals surface area contributed by atoms with E-state index in [1.807, 2.05) is 38.1 Å². The molecule has 2 aromatic heterocycles. The third-order valence-corrected chi connectivity index (χ3v) is 3.24. The topological polar surface area (TPSA) is 79.6 Å². The summed E-state index contributed by atoms with van der Waals surface area (Å²) in [5.74, 6) is 0.938. The van der Waals surface area contributed by atoms with E-state index in [-0.39, 0.29) is 5.92 Å². The second kappa shape index (κ2) is 5.05. The second-order valence-electron chi connectivity index (χ2n) is 5.23. The molecule has 0 saturated heterocycles. The molecule has 0 aliphatic rings. The maximum atomic E-state index is 9.95. The summed E-state index contributed by atoms with van der Waals surface area (Å²) in [5, 5.41) is 18.0. The van der Waals surface area contributed by atoms with Crippen LogP contribution in [0.3, 0.4) is 0 Å². The number of benzene rings is 1. The first-order valence-electron chi connectivity index (χ1n) is 6.65. The van der Waals surface area contributed by atoms with Crippen LogP contribution in [0.1, 0.15) is 31.5 Å². The van der Waals surface area contributed by atoms with Gasteiger partial charge in [0.15, 0.2) is 0 Å². The Labute approximate surface area is 116 Å². The van der Waals surface area contributed by atoms with Gasteiger partial charge in [-0.2, -0.15) is 0 Å². The monoisotopic (exact) mass is 271 g/mol. The summed E-state index contributed by atoms with van der Waals surface area (Å²) in [6.45, 7) is 4.40. The maximum Gasteiger partial charge on any atom is 0.129 e. The highest BCUT2D eigenvalue weighted by Crippen LogP contribution is 2.18. The van der Waals surface area contributed by atoms with Crippen LogP contribution in [0.15, 0.2) is 30.5 Å². The molecule has 104 valence electrons. The average molecular weight is 271 g/mol. The van der Waals surface area contributed by atoms with Crippen molar-refractivity contribution in [1.29, 1.82) is 0 Å². The molecule has 2 N–H and O–H groups in total. The normalized spacial score (nSPS) is 13.2. The van der Waals surface area contributed by atoms with Crippen molar-refractivity contribution in [2.45, 2.75) is 26.5 Å². The summed E-state index contributed by atoms with van der Waals surface area (Å²) in [4.78, 5) is 7.73. The summed E-state index contributed by atoms with van der Waals surface area (Å²) in [5.41, 5.74) is 2.53. The van der Waals surface area contributed by atoms with Crippen LogP contribution in [0.5, 0.6) is 0 Å². The van der Waals surface area contributed by atoms with Crippen molar-refractivity contribution >= 4 is 11.0 Å². The Morgan fingerprint density at radius 1 is 1.30 bits per heavy atom. The molecule has 3 rings (SSSR count). The number of para-hydroxylation sites is 2. The van der Waals surface area contributed by atoms with Crippen LogP contribution in [-0.2, 0) is 6.54 Å². The van der Waals surface area contributed by atoms with Crippen molar-refractivity contribution in [3.8, 4) is 0 Å². The van der Waals surface area contributed by atoms with E-state index in [0.717, 1.165) is 16.9 Å². The fourth-order valence-electron chi connectivity index (χ4n) is 2.10. The minimum atomic E-state index is -0.584. The number of H-pyrrole nitrogens is 1. The van der Waals surface area contributed by atoms with Crippen LogP contribution < -0.4 is 0 Å². The van der Waals surface area contributed by atoms with Crippen molar-refractivity contribution < 1.29 is 5.11 Å². The number of imidazole rings is 1. The average Bonchev–Trinajstić information content (AvgIpc) is 3.03. The van der Waals surface area contributed by atoms with Crippen molar-refractivity contribution in [1.82, 2.24) is 25.0 Å². The zero-order valence-corrected chi connectivity index (χ0v) is 11.5. The van der Waals surface area contributed by atoms with Gasteiger partial charge in [0.2, 0.25) is 0 Å². The van der Waals surface area contributed by atoms with Gasteiger partial charge in [-0.1, -0.05) is 31.2 Å². The fraction of sp³-hybridized carbons (Fsp3) is 0.357. The lowest BCUT2D eigenvalue weighted by Gasteiger charge is -2.09. The van der Waals surface area contributed by atoms with Gasteiger partial charge in [0.05, 0.1) is 17.2 Å². The molecular formula is C14H17N5O. The fourth-order valence-corrected chi connectivity index (χ4v) is 2.10. The van der Waals surface area contributed by atoms with E-state index in [0.29, 0.717) is 12.2 Å². The van der Waals surface area contributed by atoms with Crippen LogP contribution in [-0.4, -0.2) is 30.1 Å². The molecule has 6 nitrogen and oxygen atoms in total. The molecule has 1 atom stereocenters. The Kier molecular flexibility index (Phi) is 3.23. The zero-order valence-electron chi connectivity index (χ0n) is 11.5. The van der Waals surface area contributed by atoms with Gasteiger partial charge in [-0.15, -0.1) is 5.10 Å². The molecule has 2 heterocycles. The molecule has 0 unspecified atom stereocenters. The number of rotatable bonds is 4. The lowest BCUT2D eigenvalue weighted by atomic mass is 10.1. The summed E-state index contributed by atoms with van der Waals surface area (Å²) in [6.07, 6.45) is 1.18. The molecule has 1 aromatic carbocycles. The van der Waals surface area contributed by atoms with Gasteiger partial charge >= 0.3 is 0 Å². The van der Waals surface area contributed by atoms with Gasteiger partial charge in [-0.05, 0) is 18.1 Å². The summed E-state index contributed by atoms with van der Waals surface area (Å²) >= 11 is 0. The van der Waals surface area contributed by atoms with E-state index in [9.17, 15) is 5.11 Å². The van der Waals surface area contributed by atoms with E-state index >= 15 is 0 Å². The number of aromatic amines is 1. The van der Waals surface area contributed by atoms with Crippen molar-refractivity contribution in [3.05, 3.63) is 42.0 Å². The van der Waals surface area contributed by atoms with Gasteiger partial charge in [0.25, 0.3) is 0 Å². The Morgan fingerprint density at radius 3 is 2.85 bits per heavy atom. The zero-order chi connectivity index (χ0) is 14.1. The summed E-state index contributed by atoms with van der Waals surface area (Å²) in [6, 6.07) is 7.88. The van der Waals surface area contributed by atoms with Gasteiger partial charge in [-0.25, -0.2) is 9.67 Å². The van der Waals surface area contributed by atoms with E-state index < -0.39 is 6.10 Å². The first kappa shape index (κ1) is 12.8. The summed E-state index contributed by atoms with van der Waals surface area (Å²) in [7, 11) is 0. The predicted octanol–water partition coefficient (Wildman–Crippen LogP) is 1.89. The number of hydrogen-bond acceptors (Lipinski definition) is 4. The Morgan fingerprint density at radius 2 is 2.10 bits per heavy atom. The number of aliphatic hydroxyl groups excluding tert-OH is 1.